The number of hydrogen-bond acceptors (Lipinski definition) is 3. The van der Waals surface area contributed by atoms with Gasteiger partial charge in [-0.25, -0.2) is 0 Å². The van der Waals surface area contributed by atoms with Crippen molar-refractivity contribution in [2.24, 2.45) is 0 Å². The number of halogens is 1. The number of nitrogens with one attached hydrogen (secondary N) is 1. The normalized spacial score (nSPS) is 11.0. The molecule has 0 saturated carbocycles. The smallest absolute Gasteiger partial charge is 0.0761 e. The van der Waals surface area contributed by atoms with Crippen LogP contribution in [0.4, 0.5) is 0 Å². The summed E-state index contributed by atoms with van der Waals surface area (Å²) in [6, 6.07) is 11.9. The van der Waals surface area contributed by atoms with Crippen LogP contribution in [0.25, 0.3) is 10.9 Å². The van der Waals surface area contributed by atoms with E-state index in [4.69, 9.17) is 11.6 Å². The van der Waals surface area contributed by atoms with Gasteiger partial charge in [0, 0.05) is 35.9 Å². The Bertz CT molecular complexity index is 771. The van der Waals surface area contributed by atoms with Gasteiger partial charge in [0.1, 0.15) is 0 Å². The Hall–Kier alpha value is -1.97. The number of aromatic nitrogens is 2. The predicted molar refractivity (Wildman–Crippen MR) is 86.3 cm³/mol. The number of benzene rings is 1. The quantitative estimate of drug-likeness (QED) is 0.794. The van der Waals surface area contributed by atoms with Crippen LogP contribution < -0.4 is 5.32 Å². The molecule has 2 heterocycles. The zero-order valence-corrected chi connectivity index (χ0v) is 12.6. The van der Waals surface area contributed by atoms with Crippen LogP contribution in [0.1, 0.15) is 16.8 Å². The molecule has 0 atom stereocenters. The van der Waals surface area contributed by atoms with Crippen LogP contribution in [0.5, 0.6) is 0 Å². The molecule has 106 valence electrons. The summed E-state index contributed by atoms with van der Waals surface area (Å²) in [4.78, 5) is 8.83. The van der Waals surface area contributed by atoms with E-state index in [9.17, 15) is 0 Å². The highest BCUT2D eigenvalue weighted by Crippen LogP contribution is 2.24. The molecule has 21 heavy (non-hydrogen) atoms. The summed E-state index contributed by atoms with van der Waals surface area (Å²) in [5.41, 5.74) is 4.37. The minimum atomic E-state index is 0.737. The van der Waals surface area contributed by atoms with Gasteiger partial charge >= 0.3 is 0 Å². The summed E-state index contributed by atoms with van der Waals surface area (Å²) >= 11 is 6.21. The summed E-state index contributed by atoms with van der Waals surface area (Å²) in [5.74, 6) is 0. The van der Waals surface area contributed by atoms with Crippen LogP contribution in [0.15, 0.2) is 48.8 Å². The van der Waals surface area contributed by atoms with E-state index in [2.05, 4.69) is 28.3 Å². The number of hydrogen-bond donors (Lipinski definition) is 1. The van der Waals surface area contributed by atoms with Crippen LogP contribution in [0, 0.1) is 6.92 Å². The van der Waals surface area contributed by atoms with Crippen molar-refractivity contribution in [3.63, 3.8) is 0 Å². The fourth-order valence-corrected chi connectivity index (χ4v) is 2.57. The summed E-state index contributed by atoms with van der Waals surface area (Å²) < 4.78 is 0. The highest BCUT2D eigenvalue weighted by Gasteiger charge is 2.06. The molecule has 0 fully saturated rings. The molecule has 0 unspecified atom stereocenters. The number of fused-ring (bicyclic) bond motifs is 1. The SMILES string of the molecule is Cc1cccnc1CNCc1ccc(Cl)c2cccnc12. The molecule has 2 aromatic heterocycles. The molecule has 1 N–H and O–H groups in total. The van der Waals surface area contributed by atoms with Gasteiger partial charge in [0.25, 0.3) is 0 Å². The van der Waals surface area contributed by atoms with Crippen LogP contribution in [-0.4, -0.2) is 9.97 Å². The predicted octanol–water partition coefficient (Wildman–Crippen LogP) is 3.88. The maximum absolute atomic E-state index is 6.21. The molecule has 0 radical (unpaired) electrons. The molecule has 0 spiro atoms. The molecule has 0 aliphatic carbocycles. The Labute approximate surface area is 129 Å². The number of pyridine rings is 2. The zero-order valence-electron chi connectivity index (χ0n) is 11.8. The van der Waals surface area contributed by atoms with Crippen molar-refractivity contribution >= 4 is 22.5 Å². The second-order valence-corrected chi connectivity index (χ2v) is 5.38. The Kier molecular flexibility index (Phi) is 4.13. The van der Waals surface area contributed by atoms with E-state index >= 15 is 0 Å². The lowest BCUT2D eigenvalue weighted by Gasteiger charge is -2.09. The Morgan fingerprint density at radius 1 is 1.00 bits per heavy atom. The van der Waals surface area contributed by atoms with Crippen molar-refractivity contribution in [2.75, 3.05) is 0 Å². The Morgan fingerprint density at radius 3 is 2.67 bits per heavy atom. The molecule has 1 aromatic carbocycles. The highest BCUT2D eigenvalue weighted by atomic mass is 35.5. The minimum absolute atomic E-state index is 0.737. The summed E-state index contributed by atoms with van der Waals surface area (Å²) in [5, 5.41) is 5.16. The maximum Gasteiger partial charge on any atom is 0.0761 e. The van der Waals surface area contributed by atoms with Crippen LogP contribution in [-0.2, 0) is 13.1 Å². The van der Waals surface area contributed by atoms with Crippen molar-refractivity contribution in [3.8, 4) is 0 Å². The molecule has 3 rings (SSSR count). The lowest BCUT2D eigenvalue weighted by Crippen LogP contribution is -2.15. The van der Waals surface area contributed by atoms with Gasteiger partial charge in [-0.15, -0.1) is 0 Å². The van der Waals surface area contributed by atoms with Crippen LogP contribution in [0.2, 0.25) is 5.02 Å². The molecule has 0 aliphatic heterocycles. The topological polar surface area (TPSA) is 37.8 Å². The molecular formula is C17H16ClN3. The monoisotopic (exact) mass is 297 g/mol. The molecule has 3 aromatic rings. The van der Waals surface area contributed by atoms with Crippen molar-refractivity contribution in [1.82, 2.24) is 15.3 Å². The lowest BCUT2D eigenvalue weighted by atomic mass is 10.1. The van der Waals surface area contributed by atoms with E-state index in [1.54, 1.807) is 6.20 Å². The number of nitrogens with zero attached hydrogens (tertiary/aromatic N) is 2. The first-order valence-electron chi connectivity index (χ1n) is 6.89. The van der Waals surface area contributed by atoms with Gasteiger partial charge in [-0.05, 0) is 42.3 Å². The Morgan fingerprint density at radius 2 is 1.81 bits per heavy atom. The third kappa shape index (κ3) is 3.04. The fraction of sp³-hybridized carbons (Fsp3) is 0.176. The number of aryl methyl sites for hydroxylation is 1. The minimum Gasteiger partial charge on any atom is -0.307 e. The molecular weight excluding hydrogens is 282 g/mol. The van der Waals surface area contributed by atoms with Gasteiger partial charge in [-0.1, -0.05) is 23.7 Å². The van der Waals surface area contributed by atoms with E-state index < -0.39 is 0 Å². The second kappa shape index (κ2) is 6.20. The fourth-order valence-electron chi connectivity index (χ4n) is 2.36. The third-order valence-electron chi connectivity index (χ3n) is 3.53. The maximum atomic E-state index is 6.21. The lowest BCUT2D eigenvalue weighted by molar-refractivity contribution is 0.678. The molecule has 4 heteroatoms. The van der Waals surface area contributed by atoms with E-state index in [1.807, 2.05) is 36.5 Å². The van der Waals surface area contributed by atoms with E-state index in [0.29, 0.717) is 0 Å². The first-order valence-corrected chi connectivity index (χ1v) is 7.27. The van der Waals surface area contributed by atoms with Crippen molar-refractivity contribution in [2.45, 2.75) is 20.0 Å². The van der Waals surface area contributed by atoms with Gasteiger partial charge in [0.15, 0.2) is 0 Å². The van der Waals surface area contributed by atoms with E-state index in [0.717, 1.165) is 40.3 Å². The van der Waals surface area contributed by atoms with Gasteiger partial charge < -0.3 is 5.32 Å². The van der Waals surface area contributed by atoms with E-state index in [-0.39, 0.29) is 0 Å². The van der Waals surface area contributed by atoms with Gasteiger partial charge in [-0.3, -0.25) is 9.97 Å². The zero-order chi connectivity index (χ0) is 14.7. The number of rotatable bonds is 4. The van der Waals surface area contributed by atoms with Crippen molar-refractivity contribution < 1.29 is 0 Å². The summed E-state index contributed by atoms with van der Waals surface area (Å²) in [6.45, 7) is 3.55. The van der Waals surface area contributed by atoms with Gasteiger partial charge in [-0.2, -0.15) is 0 Å². The molecule has 3 nitrogen and oxygen atoms in total. The van der Waals surface area contributed by atoms with Gasteiger partial charge in [0.05, 0.1) is 11.2 Å². The first-order chi connectivity index (χ1) is 10.3. The van der Waals surface area contributed by atoms with Crippen molar-refractivity contribution in [1.29, 1.82) is 0 Å². The van der Waals surface area contributed by atoms with Crippen molar-refractivity contribution in [3.05, 3.63) is 70.6 Å². The van der Waals surface area contributed by atoms with Crippen LogP contribution in [0.3, 0.4) is 0 Å². The second-order valence-electron chi connectivity index (χ2n) is 4.98. The summed E-state index contributed by atoms with van der Waals surface area (Å²) in [7, 11) is 0. The third-order valence-corrected chi connectivity index (χ3v) is 3.86. The highest BCUT2D eigenvalue weighted by molar-refractivity contribution is 6.35. The van der Waals surface area contributed by atoms with Crippen LogP contribution >= 0.6 is 11.6 Å². The molecule has 0 bridgehead atoms. The largest absolute Gasteiger partial charge is 0.307 e. The molecule has 0 aliphatic rings. The summed E-state index contributed by atoms with van der Waals surface area (Å²) in [6.07, 6.45) is 3.62. The standard InChI is InChI=1S/C17H16ClN3/c1-12-4-2-8-20-16(12)11-19-10-13-6-7-15(18)14-5-3-9-21-17(13)14/h2-9,19H,10-11H2,1H3. The average Bonchev–Trinajstić information content (AvgIpc) is 2.52. The van der Waals surface area contributed by atoms with E-state index in [1.165, 1.54) is 5.56 Å². The van der Waals surface area contributed by atoms with Gasteiger partial charge in [0.2, 0.25) is 0 Å². The molecule has 0 saturated heterocycles. The first kappa shape index (κ1) is 14.0. The molecule has 0 amide bonds. The Balaban J connectivity index is 1.77. The average molecular weight is 298 g/mol.